The molecule has 0 aliphatic rings. The number of hydrogen-bond donors (Lipinski definition) is 1. The van der Waals surface area contributed by atoms with Crippen LogP contribution in [0.2, 0.25) is 0 Å². The van der Waals surface area contributed by atoms with Crippen molar-refractivity contribution in [3.05, 3.63) is 65.9 Å². The summed E-state index contributed by atoms with van der Waals surface area (Å²) in [4.78, 5) is 15.8. The zero-order valence-electron chi connectivity index (χ0n) is 13.3. The fourth-order valence-corrected chi connectivity index (χ4v) is 3.70. The number of carbonyl (C=O) groups is 1. The predicted octanol–water partition coefficient (Wildman–Crippen LogP) is 3.55. The molecular weight excluding hydrogens is 324 g/mol. The number of nitrogens with zero attached hydrogens (tertiary/aromatic N) is 1. The molecule has 0 radical (unpaired) electrons. The summed E-state index contributed by atoms with van der Waals surface area (Å²) < 4.78 is 28.0. The van der Waals surface area contributed by atoms with Gasteiger partial charge in [-0.05, 0) is 43.7 Å². The molecule has 1 heterocycles. The van der Waals surface area contributed by atoms with Gasteiger partial charge in [0.15, 0.2) is 5.78 Å². The summed E-state index contributed by atoms with van der Waals surface area (Å²) in [5, 5.41) is 0.760. The number of para-hydroxylation sites is 1. The van der Waals surface area contributed by atoms with Gasteiger partial charge in [0.05, 0.1) is 5.52 Å². The first-order valence-electron chi connectivity index (χ1n) is 7.36. The molecule has 1 N–H and O–H groups in total. The summed E-state index contributed by atoms with van der Waals surface area (Å²) in [7, 11) is -3.82. The SMILES string of the molecule is CC(=O)c1cccc(NS(=O)(=O)c2cccc3cc(C)cnc23)c1. The van der Waals surface area contributed by atoms with Crippen molar-refractivity contribution >= 4 is 32.4 Å². The molecule has 24 heavy (non-hydrogen) atoms. The third-order valence-electron chi connectivity index (χ3n) is 3.62. The highest BCUT2D eigenvalue weighted by Gasteiger charge is 2.18. The lowest BCUT2D eigenvalue weighted by Gasteiger charge is -2.11. The molecule has 0 aliphatic heterocycles. The van der Waals surface area contributed by atoms with Crippen molar-refractivity contribution in [1.29, 1.82) is 0 Å². The van der Waals surface area contributed by atoms with Crippen LogP contribution >= 0.6 is 0 Å². The van der Waals surface area contributed by atoms with Gasteiger partial charge in [0.2, 0.25) is 0 Å². The van der Waals surface area contributed by atoms with Crippen molar-refractivity contribution in [2.24, 2.45) is 0 Å². The molecule has 3 rings (SSSR count). The summed E-state index contributed by atoms with van der Waals surface area (Å²) in [6, 6.07) is 13.3. The molecule has 0 fully saturated rings. The van der Waals surface area contributed by atoms with Crippen molar-refractivity contribution in [3.8, 4) is 0 Å². The summed E-state index contributed by atoms with van der Waals surface area (Å²) in [5.74, 6) is -0.127. The standard InChI is InChI=1S/C18H16N2O3S/c1-12-9-15-6-4-8-17(18(15)19-11-12)24(22,23)20-16-7-3-5-14(10-16)13(2)21/h3-11,20H,1-2H3. The van der Waals surface area contributed by atoms with Crippen LogP contribution in [0.1, 0.15) is 22.8 Å². The number of pyridine rings is 1. The first kappa shape index (κ1) is 16.1. The number of Topliss-reactive ketones (excluding diaryl/α,β-unsaturated/α-hetero) is 1. The number of aryl methyl sites for hydroxylation is 1. The molecule has 0 saturated carbocycles. The molecule has 0 saturated heterocycles. The molecule has 2 aromatic carbocycles. The van der Waals surface area contributed by atoms with Crippen molar-refractivity contribution in [2.75, 3.05) is 4.72 Å². The lowest BCUT2D eigenvalue weighted by molar-refractivity contribution is 0.101. The number of aromatic nitrogens is 1. The minimum absolute atomic E-state index is 0.105. The average Bonchev–Trinajstić information content (AvgIpc) is 2.53. The number of sulfonamides is 1. The third-order valence-corrected chi connectivity index (χ3v) is 5.03. The summed E-state index contributed by atoms with van der Waals surface area (Å²) >= 11 is 0. The van der Waals surface area contributed by atoms with E-state index in [0.29, 0.717) is 16.8 Å². The van der Waals surface area contributed by atoms with E-state index in [1.807, 2.05) is 19.1 Å². The second-order valence-corrected chi connectivity index (χ2v) is 7.23. The Morgan fingerprint density at radius 3 is 2.58 bits per heavy atom. The molecule has 0 atom stereocenters. The minimum Gasteiger partial charge on any atom is -0.295 e. The summed E-state index contributed by atoms with van der Waals surface area (Å²) in [6.45, 7) is 3.34. The van der Waals surface area contributed by atoms with E-state index in [2.05, 4.69) is 9.71 Å². The van der Waals surface area contributed by atoms with Crippen LogP contribution in [-0.2, 0) is 10.0 Å². The Morgan fingerprint density at radius 2 is 1.83 bits per heavy atom. The molecule has 5 nitrogen and oxygen atoms in total. The Bertz CT molecular complexity index is 1040. The second kappa shape index (κ2) is 6.05. The number of ketones is 1. The van der Waals surface area contributed by atoms with Crippen molar-refractivity contribution < 1.29 is 13.2 Å². The molecule has 0 unspecified atom stereocenters. The molecule has 0 bridgehead atoms. The Labute approximate surface area is 140 Å². The lowest BCUT2D eigenvalue weighted by atomic mass is 10.1. The molecular formula is C18H16N2O3S. The summed E-state index contributed by atoms with van der Waals surface area (Å²) in [5.41, 5.74) is 2.16. The first-order valence-corrected chi connectivity index (χ1v) is 8.84. The van der Waals surface area contributed by atoms with E-state index in [1.54, 1.807) is 30.5 Å². The first-order chi connectivity index (χ1) is 11.4. The van der Waals surface area contributed by atoms with Crippen LogP contribution in [-0.4, -0.2) is 19.2 Å². The Balaban J connectivity index is 2.06. The van der Waals surface area contributed by atoms with Gasteiger partial charge in [-0.15, -0.1) is 0 Å². The molecule has 0 aliphatic carbocycles. The quantitative estimate of drug-likeness (QED) is 0.737. The van der Waals surface area contributed by atoms with Gasteiger partial charge in [-0.3, -0.25) is 14.5 Å². The number of fused-ring (bicyclic) bond motifs is 1. The largest absolute Gasteiger partial charge is 0.295 e. The van der Waals surface area contributed by atoms with Gasteiger partial charge in [-0.1, -0.05) is 24.3 Å². The highest BCUT2D eigenvalue weighted by atomic mass is 32.2. The number of nitrogens with one attached hydrogen (secondary N) is 1. The van der Waals surface area contributed by atoms with E-state index in [9.17, 15) is 13.2 Å². The Hall–Kier alpha value is -2.73. The van der Waals surface area contributed by atoms with Gasteiger partial charge in [0.1, 0.15) is 4.90 Å². The number of anilines is 1. The predicted molar refractivity (Wildman–Crippen MR) is 93.7 cm³/mol. The number of carbonyl (C=O) groups excluding carboxylic acids is 1. The highest BCUT2D eigenvalue weighted by Crippen LogP contribution is 2.24. The molecule has 1 aromatic heterocycles. The zero-order chi connectivity index (χ0) is 17.3. The van der Waals surface area contributed by atoms with Crippen molar-refractivity contribution in [3.63, 3.8) is 0 Å². The smallest absolute Gasteiger partial charge is 0.264 e. The second-order valence-electron chi connectivity index (χ2n) is 5.58. The maximum absolute atomic E-state index is 12.7. The number of benzene rings is 2. The van der Waals surface area contributed by atoms with Gasteiger partial charge in [-0.2, -0.15) is 0 Å². The highest BCUT2D eigenvalue weighted by molar-refractivity contribution is 7.93. The van der Waals surface area contributed by atoms with E-state index < -0.39 is 10.0 Å². The maximum atomic E-state index is 12.7. The zero-order valence-corrected chi connectivity index (χ0v) is 14.1. The molecule has 122 valence electrons. The van der Waals surface area contributed by atoms with Crippen molar-refractivity contribution in [1.82, 2.24) is 4.98 Å². The van der Waals surface area contributed by atoms with Gasteiger partial charge < -0.3 is 0 Å². The fraction of sp³-hybridized carbons (Fsp3) is 0.111. The summed E-state index contributed by atoms with van der Waals surface area (Å²) in [6.07, 6.45) is 1.64. The third kappa shape index (κ3) is 3.14. The number of rotatable bonds is 4. The van der Waals surface area contributed by atoms with E-state index >= 15 is 0 Å². The molecule has 6 heteroatoms. The van der Waals surface area contributed by atoms with E-state index in [1.165, 1.54) is 19.1 Å². The Morgan fingerprint density at radius 1 is 1.08 bits per heavy atom. The van der Waals surface area contributed by atoms with Crippen LogP contribution < -0.4 is 4.72 Å². The number of hydrogen-bond acceptors (Lipinski definition) is 4. The van der Waals surface area contributed by atoms with Crippen molar-refractivity contribution in [2.45, 2.75) is 18.7 Å². The minimum atomic E-state index is -3.82. The molecule has 3 aromatic rings. The lowest BCUT2D eigenvalue weighted by Crippen LogP contribution is -2.14. The fourth-order valence-electron chi connectivity index (χ4n) is 2.47. The molecule has 0 amide bonds. The van der Waals surface area contributed by atoms with Crippen LogP contribution in [0.15, 0.2) is 59.6 Å². The van der Waals surface area contributed by atoms with Crippen LogP contribution in [0.25, 0.3) is 10.9 Å². The molecule has 0 spiro atoms. The monoisotopic (exact) mass is 340 g/mol. The van der Waals surface area contributed by atoms with E-state index in [4.69, 9.17) is 0 Å². The Kier molecular flexibility index (Phi) is 4.07. The maximum Gasteiger partial charge on any atom is 0.264 e. The van der Waals surface area contributed by atoms with E-state index in [0.717, 1.165) is 10.9 Å². The van der Waals surface area contributed by atoms with E-state index in [-0.39, 0.29) is 10.7 Å². The van der Waals surface area contributed by atoms with Gasteiger partial charge in [0.25, 0.3) is 10.0 Å². The topological polar surface area (TPSA) is 76.1 Å². The van der Waals surface area contributed by atoms with Crippen LogP contribution in [0, 0.1) is 6.92 Å². The van der Waals surface area contributed by atoms with Gasteiger partial charge in [0, 0.05) is 22.8 Å². The average molecular weight is 340 g/mol. The van der Waals surface area contributed by atoms with Crippen LogP contribution in [0.3, 0.4) is 0 Å². The van der Waals surface area contributed by atoms with Crippen LogP contribution in [0.4, 0.5) is 5.69 Å². The normalized spacial score (nSPS) is 11.4. The van der Waals surface area contributed by atoms with Gasteiger partial charge >= 0.3 is 0 Å². The van der Waals surface area contributed by atoms with Gasteiger partial charge in [-0.25, -0.2) is 8.42 Å². The van der Waals surface area contributed by atoms with Crippen LogP contribution in [0.5, 0.6) is 0 Å².